The number of anilines is 2. The van der Waals surface area contributed by atoms with E-state index in [1.165, 1.54) is 0 Å². The van der Waals surface area contributed by atoms with E-state index in [4.69, 9.17) is 20.0 Å². The van der Waals surface area contributed by atoms with Gasteiger partial charge in [0, 0.05) is 17.1 Å². The lowest BCUT2D eigenvalue weighted by molar-refractivity contribution is 0.0452. The number of amides is 1. The number of fused-ring (bicyclic) bond motifs is 1. The number of carbonyl (C=O) groups excluding carboxylic acids is 1. The van der Waals surface area contributed by atoms with E-state index >= 15 is 0 Å². The predicted octanol–water partition coefficient (Wildman–Crippen LogP) is 7.24. The van der Waals surface area contributed by atoms with Crippen LogP contribution in [-0.4, -0.2) is 30.3 Å². The minimum absolute atomic E-state index is 0.0142. The Balaban J connectivity index is 1.29. The fourth-order valence-electron chi connectivity index (χ4n) is 5.01. The molecule has 2 aliphatic rings. The van der Waals surface area contributed by atoms with Crippen LogP contribution < -0.4 is 9.62 Å². The van der Waals surface area contributed by atoms with Gasteiger partial charge in [-0.3, -0.25) is 9.10 Å². The first-order valence-electron chi connectivity index (χ1n) is 12.4. The van der Waals surface area contributed by atoms with Gasteiger partial charge in [0.05, 0.1) is 21.8 Å². The van der Waals surface area contributed by atoms with Crippen LogP contribution in [0.3, 0.4) is 0 Å². The van der Waals surface area contributed by atoms with Crippen molar-refractivity contribution in [2.45, 2.75) is 18.2 Å². The molecule has 4 aromatic rings. The fraction of sp³-hybridized carbons (Fsp3) is 0.133. The smallest absolute Gasteiger partial charge is 0.337 e. The van der Waals surface area contributed by atoms with Gasteiger partial charge in [-0.05, 0) is 84.1 Å². The van der Waals surface area contributed by atoms with Crippen LogP contribution in [0.2, 0.25) is 5.02 Å². The normalized spacial score (nSPS) is 16.2. The second kappa shape index (κ2) is 10.1. The zero-order chi connectivity index (χ0) is 27.1. The largest absolute Gasteiger partial charge is 0.478 e. The van der Waals surface area contributed by atoms with Gasteiger partial charge in [0.25, 0.3) is 5.91 Å². The number of aromatic carboxylic acids is 1. The van der Waals surface area contributed by atoms with Gasteiger partial charge in [-0.25, -0.2) is 13.2 Å². The Bertz CT molecular complexity index is 1620. The topological polar surface area (TPSA) is 88.1 Å². The number of hydrogen-bond donors (Lipinski definition) is 2. The Kier molecular flexibility index (Phi) is 6.56. The number of carbonyl (C=O) groups is 2. The molecule has 2 N–H and O–H groups in total. The van der Waals surface area contributed by atoms with Gasteiger partial charge in [-0.15, -0.1) is 0 Å². The molecule has 0 radical (unpaired) electrons. The number of nitrogens with zero attached hydrogens (tertiary/aromatic N) is 1. The standard InChI is InChI=1S/C30H25ClN2O5S/c1-19-5-2-3-8-25(19)20-9-11-27(26(17-20)30(35)36)32-29(34)22-6-4-7-24(16-22)39(37-18-38-39)33-14-13-21-15-23(31)10-12-28(21)33/h2-12,15-17H,13-14,18H2,1H3,(H,32,34)(H,35,36). The lowest BCUT2D eigenvalue weighted by Gasteiger charge is -2.55. The molecule has 39 heavy (non-hydrogen) atoms. The first-order chi connectivity index (χ1) is 18.9. The monoisotopic (exact) mass is 560 g/mol. The minimum atomic E-state index is -2.25. The minimum Gasteiger partial charge on any atom is -0.478 e. The maximum Gasteiger partial charge on any atom is 0.337 e. The number of rotatable bonds is 6. The molecule has 6 rings (SSSR count). The molecule has 1 amide bonds. The van der Waals surface area contributed by atoms with Gasteiger partial charge < -0.3 is 10.4 Å². The van der Waals surface area contributed by atoms with E-state index in [1.54, 1.807) is 30.3 Å². The number of halogens is 1. The van der Waals surface area contributed by atoms with Crippen molar-refractivity contribution in [2.24, 2.45) is 0 Å². The molecule has 7 nitrogen and oxygen atoms in total. The van der Waals surface area contributed by atoms with Crippen LogP contribution >= 0.6 is 22.4 Å². The molecule has 198 valence electrons. The Labute approximate surface area is 232 Å². The highest BCUT2D eigenvalue weighted by Crippen LogP contribution is 2.68. The number of benzene rings is 4. The summed E-state index contributed by atoms with van der Waals surface area (Å²) in [6.45, 7) is 2.84. The lowest BCUT2D eigenvalue weighted by atomic mass is 9.98. The number of carboxylic acid groups (broad SMARTS) is 1. The van der Waals surface area contributed by atoms with E-state index in [9.17, 15) is 14.7 Å². The van der Waals surface area contributed by atoms with Gasteiger partial charge in [-0.2, -0.15) is 0 Å². The van der Waals surface area contributed by atoms with Crippen LogP contribution in [0.4, 0.5) is 11.4 Å². The molecule has 1 saturated heterocycles. The zero-order valence-electron chi connectivity index (χ0n) is 21.0. The molecule has 0 spiro atoms. The van der Waals surface area contributed by atoms with E-state index in [1.807, 2.05) is 61.5 Å². The summed E-state index contributed by atoms with van der Waals surface area (Å²) in [6, 6.07) is 25.7. The Hall–Kier alpha value is -3.82. The highest BCUT2D eigenvalue weighted by Gasteiger charge is 2.42. The third kappa shape index (κ3) is 4.55. The summed E-state index contributed by atoms with van der Waals surface area (Å²) in [5.74, 6) is -1.55. The van der Waals surface area contributed by atoms with E-state index in [0.29, 0.717) is 17.1 Å². The lowest BCUT2D eigenvalue weighted by Crippen LogP contribution is -2.37. The van der Waals surface area contributed by atoms with Crippen LogP contribution in [0.25, 0.3) is 11.1 Å². The molecule has 2 aliphatic heterocycles. The molecular weight excluding hydrogens is 536 g/mol. The summed E-state index contributed by atoms with van der Waals surface area (Å²) in [5.41, 5.74) is 5.46. The average molecular weight is 561 g/mol. The quantitative estimate of drug-likeness (QED) is 0.258. The van der Waals surface area contributed by atoms with Crippen molar-refractivity contribution < 1.29 is 23.1 Å². The molecule has 0 unspecified atom stereocenters. The Morgan fingerprint density at radius 2 is 1.79 bits per heavy atom. The third-order valence-corrected chi connectivity index (χ3v) is 9.82. The zero-order valence-corrected chi connectivity index (χ0v) is 22.6. The third-order valence-electron chi connectivity index (χ3n) is 6.95. The summed E-state index contributed by atoms with van der Waals surface area (Å²) >= 11 is 6.19. The van der Waals surface area contributed by atoms with Crippen molar-refractivity contribution in [1.82, 2.24) is 0 Å². The van der Waals surface area contributed by atoms with Gasteiger partial charge in [-0.1, -0.05) is 58.8 Å². The van der Waals surface area contributed by atoms with Crippen molar-refractivity contribution in [3.05, 3.63) is 112 Å². The highest BCUT2D eigenvalue weighted by atomic mass is 35.5. The van der Waals surface area contributed by atoms with Crippen molar-refractivity contribution in [1.29, 1.82) is 0 Å². The molecule has 9 heteroatoms. The second-order valence-corrected chi connectivity index (χ2v) is 12.1. The summed E-state index contributed by atoms with van der Waals surface area (Å²) in [6.07, 6.45) is 0.813. The maximum atomic E-state index is 13.3. The second-order valence-electron chi connectivity index (χ2n) is 9.32. The van der Waals surface area contributed by atoms with Crippen LogP contribution in [0.5, 0.6) is 0 Å². The van der Waals surface area contributed by atoms with Crippen LogP contribution in [-0.2, 0) is 14.8 Å². The molecule has 1 fully saturated rings. The Morgan fingerprint density at radius 1 is 0.974 bits per heavy atom. The number of nitrogens with one attached hydrogen (secondary N) is 1. The molecule has 0 aliphatic carbocycles. The number of aryl methyl sites for hydroxylation is 1. The maximum absolute atomic E-state index is 13.3. The van der Waals surface area contributed by atoms with E-state index in [-0.39, 0.29) is 18.0 Å². The molecule has 0 aromatic heterocycles. The summed E-state index contributed by atoms with van der Waals surface area (Å²) < 4.78 is 14.3. The molecule has 4 aromatic carbocycles. The average Bonchev–Trinajstić information content (AvgIpc) is 3.32. The van der Waals surface area contributed by atoms with Gasteiger partial charge in [0.2, 0.25) is 0 Å². The first-order valence-corrected chi connectivity index (χ1v) is 14.2. The molecule has 0 saturated carbocycles. The van der Waals surface area contributed by atoms with Crippen LogP contribution in [0.15, 0.2) is 89.8 Å². The van der Waals surface area contributed by atoms with Crippen LogP contribution in [0.1, 0.15) is 31.8 Å². The predicted molar refractivity (Wildman–Crippen MR) is 153 cm³/mol. The van der Waals surface area contributed by atoms with E-state index in [0.717, 1.165) is 39.3 Å². The fourth-order valence-corrected chi connectivity index (χ4v) is 7.56. The summed E-state index contributed by atoms with van der Waals surface area (Å²) in [4.78, 5) is 26.2. The number of carboxylic acids is 1. The molecule has 2 heterocycles. The van der Waals surface area contributed by atoms with Gasteiger partial charge >= 0.3 is 5.97 Å². The van der Waals surface area contributed by atoms with Gasteiger partial charge in [0.15, 0.2) is 6.79 Å². The van der Waals surface area contributed by atoms with Crippen molar-refractivity contribution >= 4 is 45.6 Å². The van der Waals surface area contributed by atoms with Crippen molar-refractivity contribution in [2.75, 3.05) is 23.0 Å². The molecule has 0 bridgehead atoms. The number of hydrogen-bond acceptors (Lipinski definition) is 5. The first kappa shape index (κ1) is 25.5. The van der Waals surface area contributed by atoms with Crippen molar-refractivity contribution in [3.63, 3.8) is 0 Å². The van der Waals surface area contributed by atoms with Crippen LogP contribution in [0, 0.1) is 6.92 Å². The molecule has 0 atom stereocenters. The SMILES string of the molecule is Cc1ccccc1-c1ccc(NC(=O)c2cccc(S3(N4CCc5cc(Cl)ccc54)OCO3)c2)c(C(=O)O)c1. The summed E-state index contributed by atoms with van der Waals surface area (Å²) in [7, 11) is -2.25. The summed E-state index contributed by atoms with van der Waals surface area (Å²) in [5, 5.41) is 13.4. The van der Waals surface area contributed by atoms with E-state index in [2.05, 4.69) is 9.62 Å². The Morgan fingerprint density at radius 3 is 2.54 bits per heavy atom. The van der Waals surface area contributed by atoms with Gasteiger partial charge in [0.1, 0.15) is 0 Å². The highest BCUT2D eigenvalue weighted by molar-refractivity contribution is 8.27. The van der Waals surface area contributed by atoms with E-state index < -0.39 is 22.7 Å². The van der Waals surface area contributed by atoms with Crippen molar-refractivity contribution in [3.8, 4) is 11.1 Å². The molecular formula is C30H25ClN2O5S.